The molecule has 0 saturated heterocycles. The van der Waals surface area contributed by atoms with Gasteiger partial charge < -0.3 is 4.43 Å². The van der Waals surface area contributed by atoms with Crippen LogP contribution in [-0.4, -0.2) is 29.7 Å². The minimum atomic E-state index is -2.55. The van der Waals surface area contributed by atoms with Gasteiger partial charge in [0, 0.05) is 23.8 Å². The fourth-order valence-electron chi connectivity index (χ4n) is 5.05. The number of pyridine rings is 1. The second-order valence-electron chi connectivity index (χ2n) is 9.74. The average Bonchev–Trinajstić information content (AvgIpc) is 3.42. The van der Waals surface area contributed by atoms with Gasteiger partial charge >= 0.3 is 0 Å². The van der Waals surface area contributed by atoms with Gasteiger partial charge in [-0.3, -0.25) is 0 Å². The normalized spacial score (nSPS) is 16.0. The third kappa shape index (κ3) is 3.94. The van der Waals surface area contributed by atoms with E-state index in [4.69, 9.17) is 9.52 Å². The van der Waals surface area contributed by atoms with Gasteiger partial charge in [0.25, 0.3) is 14.1 Å². The number of nitrogens with zero attached hydrogens (tertiary/aromatic N) is 4. The molecule has 4 aromatic rings. The summed E-state index contributed by atoms with van der Waals surface area (Å²) in [4.78, 5) is 4.45. The van der Waals surface area contributed by atoms with E-state index in [-0.39, 0.29) is 11.1 Å². The standard InChI is InChI=1S/C27H31N4OSi/c1-27(2,3)33(23-12-6-4-7-13-23,24-14-8-5-9-15-24)32-20-22-17-18-26-29-31(21-30(22)26)25-16-10-11-19-28-25/h4-16,19,21-22H,17-18,20H2,1-3H3/q+1/t22-/m0/s1. The molecular weight excluding hydrogens is 424 g/mol. The van der Waals surface area contributed by atoms with Crippen molar-refractivity contribution >= 4 is 18.7 Å². The van der Waals surface area contributed by atoms with Crippen molar-refractivity contribution in [1.29, 1.82) is 0 Å². The Hall–Kier alpha value is -3.09. The molecule has 2 aromatic heterocycles. The number of rotatable bonds is 6. The molecule has 33 heavy (non-hydrogen) atoms. The maximum Gasteiger partial charge on any atom is 0.278 e. The van der Waals surface area contributed by atoms with Gasteiger partial charge in [-0.2, -0.15) is 0 Å². The van der Waals surface area contributed by atoms with Crippen molar-refractivity contribution in [3.63, 3.8) is 0 Å². The lowest BCUT2D eigenvalue weighted by molar-refractivity contribution is -0.718. The van der Waals surface area contributed by atoms with Crippen LogP contribution in [0.1, 0.15) is 39.1 Å². The molecular formula is C27H31N4OSi+. The molecule has 0 N–H and O–H groups in total. The topological polar surface area (TPSA) is 43.8 Å². The van der Waals surface area contributed by atoms with E-state index in [1.165, 1.54) is 10.4 Å². The smallest absolute Gasteiger partial charge is 0.278 e. The third-order valence-corrected chi connectivity index (χ3v) is 11.6. The summed E-state index contributed by atoms with van der Waals surface area (Å²) in [5.41, 5.74) is 0. The van der Waals surface area contributed by atoms with Crippen molar-refractivity contribution in [2.24, 2.45) is 0 Å². The molecule has 0 bridgehead atoms. The van der Waals surface area contributed by atoms with Gasteiger partial charge in [-0.1, -0.05) is 92.2 Å². The summed E-state index contributed by atoms with van der Waals surface area (Å²) in [5, 5.41) is 7.40. The first-order valence-electron chi connectivity index (χ1n) is 11.7. The van der Waals surface area contributed by atoms with Gasteiger partial charge in [-0.05, 0) is 27.9 Å². The molecule has 0 unspecified atom stereocenters. The highest BCUT2D eigenvalue weighted by atomic mass is 28.4. The lowest BCUT2D eigenvalue weighted by Gasteiger charge is -2.43. The SMILES string of the molecule is CC(C)(C)[Si](OC[C@@H]1CCc2nn(-c3ccccn3)c[n+]21)(c1ccccc1)c1ccccc1. The fourth-order valence-corrected chi connectivity index (χ4v) is 9.65. The van der Waals surface area contributed by atoms with E-state index in [0.29, 0.717) is 6.61 Å². The zero-order valence-corrected chi connectivity index (χ0v) is 20.6. The van der Waals surface area contributed by atoms with Crippen molar-refractivity contribution < 1.29 is 8.99 Å². The molecule has 1 atom stereocenters. The Bertz CT molecular complexity index is 1160. The molecule has 0 spiro atoms. The van der Waals surface area contributed by atoms with Crippen LogP contribution in [0.5, 0.6) is 0 Å². The predicted molar refractivity (Wildman–Crippen MR) is 132 cm³/mol. The molecule has 1 aliphatic rings. The molecule has 1 aliphatic heterocycles. The summed E-state index contributed by atoms with van der Waals surface area (Å²) in [7, 11) is -2.55. The Morgan fingerprint density at radius 1 is 0.939 bits per heavy atom. The molecule has 6 heteroatoms. The van der Waals surface area contributed by atoms with Crippen LogP contribution in [0.4, 0.5) is 0 Å². The van der Waals surface area contributed by atoms with Gasteiger partial charge in [-0.15, -0.1) is 0 Å². The molecule has 0 saturated carbocycles. The minimum absolute atomic E-state index is 0.0278. The molecule has 168 valence electrons. The first kappa shape index (κ1) is 21.7. The van der Waals surface area contributed by atoms with Crippen LogP contribution in [0.25, 0.3) is 5.82 Å². The first-order chi connectivity index (χ1) is 16.0. The Morgan fingerprint density at radius 3 is 2.15 bits per heavy atom. The monoisotopic (exact) mass is 455 g/mol. The van der Waals surface area contributed by atoms with Crippen LogP contribution in [0.2, 0.25) is 5.04 Å². The lowest BCUT2D eigenvalue weighted by atomic mass is 10.2. The van der Waals surface area contributed by atoms with Crippen molar-refractivity contribution in [2.45, 2.75) is 44.7 Å². The fraction of sp³-hybridized carbons (Fsp3) is 0.296. The Kier molecular flexibility index (Phi) is 5.72. The number of hydrogen-bond donors (Lipinski definition) is 0. The van der Waals surface area contributed by atoms with Crippen molar-refractivity contribution in [3.8, 4) is 5.82 Å². The van der Waals surface area contributed by atoms with E-state index in [2.05, 4.69) is 97.3 Å². The van der Waals surface area contributed by atoms with Gasteiger partial charge in [0.2, 0.25) is 12.1 Å². The highest BCUT2D eigenvalue weighted by molar-refractivity contribution is 6.99. The summed E-state index contributed by atoms with van der Waals surface area (Å²) in [6, 6.07) is 27.9. The maximum atomic E-state index is 7.19. The highest BCUT2D eigenvalue weighted by Crippen LogP contribution is 2.37. The van der Waals surface area contributed by atoms with Crippen LogP contribution >= 0.6 is 0 Å². The molecule has 0 radical (unpaired) electrons. The molecule has 0 amide bonds. The van der Waals surface area contributed by atoms with Crippen LogP contribution in [-0.2, 0) is 10.8 Å². The lowest BCUT2D eigenvalue weighted by Crippen LogP contribution is -2.67. The summed E-state index contributed by atoms with van der Waals surface area (Å²) in [6.07, 6.45) is 5.87. The number of aromatic nitrogens is 4. The molecule has 5 nitrogen and oxygen atoms in total. The van der Waals surface area contributed by atoms with Gasteiger partial charge in [-0.25, -0.2) is 9.55 Å². The summed E-state index contributed by atoms with van der Waals surface area (Å²) < 4.78 is 11.4. The zero-order chi connectivity index (χ0) is 22.9. The van der Waals surface area contributed by atoms with E-state index < -0.39 is 8.32 Å². The summed E-state index contributed by atoms with van der Waals surface area (Å²) in [5.74, 6) is 1.93. The highest BCUT2D eigenvalue weighted by Gasteiger charge is 2.51. The number of benzene rings is 2. The second-order valence-corrected chi connectivity index (χ2v) is 14.0. The first-order valence-corrected chi connectivity index (χ1v) is 13.6. The predicted octanol–water partition coefficient (Wildman–Crippen LogP) is 3.62. The number of fused-ring (bicyclic) bond motifs is 1. The summed E-state index contributed by atoms with van der Waals surface area (Å²) >= 11 is 0. The quantitative estimate of drug-likeness (QED) is 0.329. The molecule has 0 fully saturated rings. The molecule has 2 aromatic carbocycles. The van der Waals surface area contributed by atoms with Crippen LogP contribution in [0.15, 0.2) is 91.4 Å². The van der Waals surface area contributed by atoms with Gasteiger partial charge in [0.15, 0.2) is 0 Å². The van der Waals surface area contributed by atoms with Crippen molar-refractivity contribution in [3.05, 3.63) is 97.2 Å². The van der Waals surface area contributed by atoms with E-state index in [1.54, 1.807) is 6.20 Å². The maximum absolute atomic E-state index is 7.19. The van der Waals surface area contributed by atoms with E-state index in [1.807, 2.05) is 22.9 Å². The van der Waals surface area contributed by atoms with Crippen molar-refractivity contribution in [2.75, 3.05) is 6.61 Å². The Balaban J connectivity index is 1.50. The van der Waals surface area contributed by atoms with E-state index >= 15 is 0 Å². The Labute approximate surface area is 196 Å². The largest absolute Gasteiger partial charge is 0.404 e. The zero-order valence-electron chi connectivity index (χ0n) is 19.6. The van der Waals surface area contributed by atoms with Crippen LogP contribution in [0.3, 0.4) is 0 Å². The second kappa shape index (κ2) is 8.69. The minimum Gasteiger partial charge on any atom is -0.404 e. The van der Waals surface area contributed by atoms with E-state index in [0.717, 1.165) is 24.5 Å². The third-order valence-electron chi connectivity index (χ3n) is 6.64. The molecule has 5 rings (SSSR count). The average molecular weight is 456 g/mol. The number of aryl methyl sites for hydroxylation is 1. The molecule has 3 heterocycles. The van der Waals surface area contributed by atoms with E-state index in [9.17, 15) is 0 Å². The number of hydrogen-bond acceptors (Lipinski definition) is 3. The van der Waals surface area contributed by atoms with Crippen molar-refractivity contribution in [1.82, 2.24) is 14.8 Å². The summed E-state index contributed by atoms with van der Waals surface area (Å²) in [6.45, 7) is 7.64. The van der Waals surface area contributed by atoms with Gasteiger partial charge in [0.1, 0.15) is 6.04 Å². The van der Waals surface area contributed by atoms with Gasteiger partial charge in [0.05, 0.1) is 6.61 Å². The van der Waals surface area contributed by atoms with Crippen LogP contribution in [0, 0.1) is 0 Å². The Morgan fingerprint density at radius 2 is 1.58 bits per heavy atom. The molecule has 0 aliphatic carbocycles. The van der Waals surface area contributed by atoms with Crippen LogP contribution < -0.4 is 14.9 Å².